The Kier molecular flexibility index (Phi) is 7.06. The smallest absolute Gasteiger partial charge is 0.302 e. The van der Waals surface area contributed by atoms with Crippen LogP contribution in [0.2, 0.25) is 0 Å². The van der Waals surface area contributed by atoms with E-state index in [0.717, 1.165) is 6.42 Å². The molecule has 0 aliphatic rings. The molecular weight excluding hydrogens is 204 g/mol. The van der Waals surface area contributed by atoms with Crippen molar-refractivity contribution in [3.05, 3.63) is 12.7 Å². The van der Waals surface area contributed by atoms with Crippen LogP contribution in [0.5, 0.6) is 0 Å². The SMILES string of the molecule is C=C[C@@H](C)[C@@H](O)[C@H](C)C[C@H](C)COC(C)=O. The van der Waals surface area contributed by atoms with Gasteiger partial charge < -0.3 is 9.84 Å². The summed E-state index contributed by atoms with van der Waals surface area (Å²) < 4.78 is 4.93. The lowest BCUT2D eigenvalue weighted by Crippen LogP contribution is -2.26. The zero-order valence-electron chi connectivity index (χ0n) is 10.8. The first kappa shape index (κ1) is 15.2. The summed E-state index contributed by atoms with van der Waals surface area (Å²) in [6.45, 7) is 11.5. The Hall–Kier alpha value is -0.830. The van der Waals surface area contributed by atoms with Crippen molar-refractivity contribution in [3.8, 4) is 0 Å². The Morgan fingerprint density at radius 3 is 2.44 bits per heavy atom. The van der Waals surface area contributed by atoms with Crippen molar-refractivity contribution in [2.75, 3.05) is 6.61 Å². The molecule has 0 aliphatic heterocycles. The summed E-state index contributed by atoms with van der Waals surface area (Å²) in [7, 11) is 0. The summed E-state index contributed by atoms with van der Waals surface area (Å²) in [5, 5.41) is 9.93. The van der Waals surface area contributed by atoms with E-state index >= 15 is 0 Å². The van der Waals surface area contributed by atoms with Gasteiger partial charge in [-0.3, -0.25) is 4.79 Å². The first-order valence-electron chi connectivity index (χ1n) is 5.82. The fourth-order valence-electron chi connectivity index (χ4n) is 1.76. The topological polar surface area (TPSA) is 46.5 Å². The maximum atomic E-state index is 10.6. The van der Waals surface area contributed by atoms with Gasteiger partial charge in [-0.05, 0) is 24.2 Å². The van der Waals surface area contributed by atoms with E-state index in [1.165, 1.54) is 6.92 Å². The highest BCUT2D eigenvalue weighted by Crippen LogP contribution is 2.21. The van der Waals surface area contributed by atoms with Gasteiger partial charge in [0.15, 0.2) is 0 Å². The van der Waals surface area contributed by atoms with Crippen LogP contribution in [0.15, 0.2) is 12.7 Å². The van der Waals surface area contributed by atoms with Crippen molar-refractivity contribution < 1.29 is 14.6 Å². The average molecular weight is 228 g/mol. The van der Waals surface area contributed by atoms with Crippen LogP contribution in [-0.4, -0.2) is 23.8 Å². The van der Waals surface area contributed by atoms with Crippen molar-refractivity contribution in [1.29, 1.82) is 0 Å². The number of esters is 1. The molecule has 0 aromatic carbocycles. The van der Waals surface area contributed by atoms with E-state index < -0.39 is 0 Å². The number of aliphatic hydroxyl groups excluding tert-OH is 1. The Labute approximate surface area is 98.5 Å². The van der Waals surface area contributed by atoms with Gasteiger partial charge in [-0.1, -0.05) is 26.8 Å². The lowest BCUT2D eigenvalue weighted by atomic mass is 9.87. The van der Waals surface area contributed by atoms with E-state index in [-0.39, 0.29) is 29.8 Å². The molecule has 4 atom stereocenters. The molecule has 3 nitrogen and oxygen atoms in total. The van der Waals surface area contributed by atoms with E-state index in [1.807, 2.05) is 20.8 Å². The molecule has 0 fully saturated rings. The summed E-state index contributed by atoms with van der Waals surface area (Å²) in [4.78, 5) is 10.6. The number of aliphatic hydroxyl groups is 1. The van der Waals surface area contributed by atoms with Gasteiger partial charge in [0.25, 0.3) is 0 Å². The molecule has 0 aliphatic carbocycles. The van der Waals surface area contributed by atoms with Crippen molar-refractivity contribution >= 4 is 5.97 Å². The Balaban J connectivity index is 3.97. The molecule has 94 valence electrons. The molecule has 0 saturated heterocycles. The van der Waals surface area contributed by atoms with Crippen LogP contribution in [-0.2, 0) is 9.53 Å². The molecule has 0 bridgehead atoms. The zero-order chi connectivity index (χ0) is 12.7. The van der Waals surface area contributed by atoms with Crippen molar-refractivity contribution in [1.82, 2.24) is 0 Å². The highest BCUT2D eigenvalue weighted by molar-refractivity contribution is 5.65. The van der Waals surface area contributed by atoms with Gasteiger partial charge in [-0.25, -0.2) is 0 Å². The number of rotatable bonds is 7. The number of carbonyl (C=O) groups is 1. The number of ether oxygens (including phenoxy) is 1. The standard InChI is InChI=1S/C13H24O3/c1-6-10(3)13(15)11(4)7-9(2)8-16-12(5)14/h6,9-11,13,15H,1,7-8H2,2-5H3/t9-,10+,11+,13+/m0/s1. The molecule has 0 radical (unpaired) electrons. The highest BCUT2D eigenvalue weighted by atomic mass is 16.5. The first-order valence-corrected chi connectivity index (χ1v) is 5.82. The average Bonchev–Trinajstić information content (AvgIpc) is 2.24. The molecule has 16 heavy (non-hydrogen) atoms. The summed E-state index contributed by atoms with van der Waals surface area (Å²) in [5.74, 6) is 0.291. The second kappa shape index (κ2) is 7.44. The van der Waals surface area contributed by atoms with Crippen molar-refractivity contribution in [2.45, 2.75) is 40.2 Å². The number of carbonyl (C=O) groups excluding carboxylic acids is 1. The predicted molar refractivity (Wildman–Crippen MR) is 64.9 cm³/mol. The summed E-state index contributed by atoms with van der Waals surface area (Å²) in [5.41, 5.74) is 0. The molecule has 0 amide bonds. The second-order valence-electron chi connectivity index (χ2n) is 4.71. The number of hydrogen-bond donors (Lipinski definition) is 1. The van der Waals surface area contributed by atoms with Crippen LogP contribution in [0.4, 0.5) is 0 Å². The largest absolute Gasteiger partial charge is 0.466 e. The Morgan fingerprint density at radius 2 is 2.00 bits per heavy atom. The zero-order valence-corrected chi connectivity index (χ0v) is 10.8. The molecule has 0 aromatic heterocycles. The molecule has 0 aromatic rings. The third-order valence-electron chi connectivity index (χ3n) is 2.84. The van der Waals surface area contributed by atoms with Gasteiger partial charge in [-0.15, -0.1) is 6.58 Å². The van der Waals surface area contributed by atoms with Crippen LogP contribution in [0, 0.1) is 17.8 Å². The predicted octanol–water partition coefficient (Wildman–Crippen LogP) is 2.39. The maximum Gasteiger partial charge on any atom is 0.302 e. The van der Waals surface area contributed by atoms with Crippen LogP contribution in [0.25, 0.3) is 0 Å². The lowest BCUT2D eigenvalue weighted by Gasteiger charge is -2.25. The molecule has 0 unspecified atom stereocenters. The third-order valence-corrected chi connectivity index (χ3v) is 2.84. The summed E-state index contributed by atoms with van der Waals surface area (Å²) in [6.07, 6.45) is 2.22. The number of hydrogen-bond acceptors (Lipinski definition) is 3. The van der Waals surface area contributed by atoms with E-state index in [1.54, 1.807) is 6.08 Å². The van der Waals surface area contributed by atoms with Crippen molar-refractivity contribution in [2.24, 2.45) is 17.8 Å². The van der Waals surface area contributed by atoms with Crippen molar-refractivity contribution in [3.63, 3.8) is 0 Å². The van der Waals surface area contributed by atoms with Crippen LogP contribution in [0.1, 0.15) is 34.1 Å². The minimum Gasteiger partial charge on any atom is -0.466 e. The lowest BCUT2D eigenvalue weighted by molar-refractivity contribution is -0.142. The quantitative estimate of drug-likeness (QED) is 0.537. The van der Waals surface area contributed by atoms with E-state index in [2.05, 4.69) is 6.58 Å². The molecular formula is C13H24O3. The van der Waals surface area contributed by atoms with E-state index in [0.29, 0.717) is 6.61 Å². The minimum absolute atomic E-state index is 0.0934. The first-order chi connectivity index (χ1) is 7.38. The van der Waals surface area contributed by atoms with Gasteiger partial charge in [0.05, 0.1) is 12.7 Å². The summed E-state index contributed by atoms with van der Waals surface area (Å²) >= 11 is 0. The van der Waals surface area contributed by atoms with E-state index in [4.69, 9.17) is 4.74 Å². The Morgan fingerprint density at radius 1 is 1.44 bits per heavy atom. The molecule has 0 spiro atoms. The van der Waals surface area contributed by atoms with Gasteiger partial charge in [0.1, 0.15) is 0 Å². The molecule has 0 heterocycles. The molecule has 1 N–H and O–H groups in total. The van der Waals surface area contributed by atoms with Gasteiger partial charge in [-0.2, -0.15) is 0 Å². The van der Waals surface area contributed by atoms with E-state index in [9.17, 15) is 9.90 Å². The highest BCUT2D eigenvalue weighted by Gasteiger charge is 2.21. The maximum absolute atomic E-state index is 10.6. The normalized spacial score (nSPS) is 18.3. The molecule has 0 saturated carbocycles. The molecule has 0 rings (SSSR count). The van der Waals surface area contributed by atoms with Gasteiger partial charge >= 0.3 is 5.97 Å². The van der Waals surface area contributed by atoms with Crippen LogP contribution >= 0.6 is 0 Å². The molecule has 3 heteroatoms. The van der Waals surface area contributed by atoms with Crippen LogP contribution in [0.3, 0.4) is 0 Å². The Bertz CT molecular complexity index is 225. The second-order valence-corrected chi connectivity index (χ2v) is 4.71. The minimum atomic E-state index is -0.378. The monoisotopic (exact) mass is 228 g/mol. The fraction of sp³-hybridized carbons (Fsp3) is 0.769. The van der Waals surface area contributed by atoms with Gasteiger partial charge in [0, 0.05) is 6.92 Å². The third kappa shape index (κ3) is 5.91. The fourth-order valence-corrected chi connectivity index (χ4v) is 1.76. The van der Waals surface area contributed by atoms with Crippen LogP contribution < -0.4 is 0 Å². The van der Waals surface area contributed by atoms with Gasteiger partial charge in [0.2, 0.25) is 0 Å². The summed E-state index contributed by atoms with van der Waals surface area (Å²) in [6, 6.07) is 0.